The maximum atomic E-state index is 10.6. The van der Waals surface area contributed by atoms with Crippen LogP contribution in [0.25, 0.3) is 23.0 Å². The highest BCUT2D eigenvalue weighted by molar-refractivity contribution is 5.73. The molecule has 0 amide bonds. The van der Waals surface area contributed by atoms with Crippen molar-refractivity contribution in [3.63, 3.8) is 0 Å². The highest BCUT2D eigenvalue weighted by Crippen LogP contribution is 2.40. The minimum Gasteiger partial charge on any atom is -0.481 e. The van der Waals surface area contributed by atoms with Crippen LogP contribution in [0.1, 0.15) is 39.2 Å². The summed E-state index contributed by atoms with van der Waals surface area (Å²) < 4.78 is 39.2. The summed E-state index contributed by atoms with van der Waals surface area (Å²) in [4.78, 5) is 25.2. The Balaban J connectivity index is 0.000000479. The summed E-state index contributed by atoms with van der Waals surface area (Å²) in [6.45, 7) is 4.63. The molecular formula is C25H31F3N6O3. The van der Waals surface area contributed by atoms with E-state index in [1.807, 2.05) is 55.4 Å². The van der Waals surface area contributed by atoms with Gasteiger partial charge in [-0.05, 0) is 42.9 Å². The van der Waals surface area contributed by atoms with Crippen LogP contribution in [0.4, 0.5) is 19.0 Å². The Hall–Kier alpha value is -3.70. The third kappa shape index (κ3) is 6.75. The molecule has 9 nitrogen and oxygen atoms in total. The number of ether oxygens (including phenoxy) is 1. The molecular weight excluding hydrogens is 489 g/mol. The average Bonchev–Trinajstić information content (AvgIpc) is 3.29. The Labute approximate surface area is 213 Å². The fraction of sp³-hybridized carbons (Fsp3) is 0.480. The molecule has 0 bridgehead atoms. The lowest BCUT2D eigenvalue weighted by Crippen LogP contribution is -2.29. The van der Waals surface area contributed by atoms with Crippen LogP contribution in [0.3, 0.4) is 0 Å². The Morgan fingerprint density at radius 2 is 1.62 bits per heavy atom. The van der Waals surface area contributed by atoms with Gasteiger partial charge in [-0.15, -0.1) is 5.10 Å². The number of carbonyl (C=O) groups is 1. The van der Waals surface area contributed by atoms with Crippen molar-refractivity contribution in [2.75, 3.05) is 26.1 Å². The van der Waals surface area contributed by atoms with E-state index >= 15 is 0 Å². The van der Waals surface area contributed by atoms with Crippen molar-refractivity contribution < 1.29 is 27.8 Å². The Morgan fingerprint density at radius 1 is 1.03 bits per heavy atom. The molecule has 1 saturated carbocycles. The fourth-order valence-electron chi connectivity index (χ4n) is 4.41. The molecule has 0 saturated heterocycles. The standard InChI is InChI=1S/C23H30N6O.C2HF3O2/c1-15-9-6-10-16(2)21(15)29-23(18-12-8-14-20(25-18)30-5)26-22(27-29)17-11-7-13-19(24-17)28(3)4;3-2(4,5)1(6)7/h7-8,11-16,21H,6,9-10H2,1-5H3;(H,6,7). The zero-order chi connectivity index (χ0) is 27.3. The van der Waals surface area contributed by atoms with E-state index < -0.39 is 12.1 Å². The summed E-state index contributed by atoms with van der Waals surface area (Å²) in [6.07, 6.45) is -1.42. The third-order valence-corrected chi connectivity index (χ3v) is 6.22. The number of halogens is 3. The second-order valence-electron chi connectivity index (χ2n) is 9.22. The number of alkyl halides is 3. The van der Waals surface area contributed by atoms with E-state index in [4.69, 9.17) is 29.7 Å². The van der Waals surface area contributed by atoms with Crippen molar-refractivity contribution in [1.29, 1.82) is 0 Å². The van der Waals surface area contributed by atoms with Crippen molar-refractivity contribution in [2.24, 2.45) is 11.8 Å². The van der Waals surface area contributed by atoms with Crippen LogP contribution in [0.5, 0.6) is 5.88 Å². The lowest BCUT2D eigenvalue weighted by atomic mass is 9.79. The molecule has 1 N–H and O–H groups in total. The number of pyridine rings is 2. The van der Waals surface area contributed by atoms with E-state index in [1.165, 1.54) is 19.3 Å². The molecule has 3 aromatic rings. The van der Waals surface area contributed by atoms with Gasteiger partial charge in [-0.3, -0.25) is 0 Å². The Morgan fingerprint density at radius 3 is 2.19 bits per heavy atom. The monoisotopic (exact) mass is 520 g/mol. The molecule has 200 valence electrons. The van der Waals surface area contributed by atoms with Gasteiger partial charge < -0.3 is 14.7 Å². The fourth-order valence-corrected chi connectivity index (χ4v) is 4.41. The number of aromatic nitrogens is 5. The first-order chi connectivity index (χ1) is 17.4. The third-order valence-electron chi connectivity index (χ3n) is 6.22. The smallest absolute Gasteiger partial charge is 0.481 e. The van der Waals surface area contributed by atoms with Gasteiger partial charge in [-0.2, -0.15) is 13.2 Å². The summed E-state index contributed by atoms with van der Waals surface area (Å²) >= 11 is 0. The first-order valence-corrected chi connectivity index (χ1v) is 11.8. The number of anilines is 1. The lowest BCUT2D eigenvalue weighted by Gasteiger charge is -2.35. The zero-order valence-corrected chi connectivity index (χ0v) is 21.4. The molecule has 4 rings (SSSR count). The second-order valence-corrected chi connectivity index (χ2v) is 9.22. The van der Waals surface area contributed by atoms with Gasteiger partial charge in [0, 0.05) is 20.2 Å². The van der Waals surface area contributed by atoms with E-state index in [1.54, 1.807) is 7.11 Å². The van der Waals surface area contributed by atoms with Crippen LogP contribution >= 0.6 is 0 Å². The number of hydrogen-bond acceptors (Lipinski definition) is 7. The summed E-state index contributed by atoms with van der Waals surface area (Å²) in [5.74, 6) is 1.13. The molecule has 3 heterocycles. The van der Waals surface area contributed by atoms with Gasteiger partial charge in [0.15, 0.2) is 11.6 Å². The molecule has 0 spiro atoms. The lowest BCUT2D eigenvalue weighted by molar-refractivity contribution is -0.192. The average molecular weight is 521 g/mol. The molecule has 2 atom stereocenters. The van der Waals surface area contributed by atoms with Crippen LogP contribution < -0.4 is 9.64 Å². The summed E-state index contributed by atoms with van der Waals surface area (Å²) in [5.41, 5.74) is 1.53. The number of nitrogens with zero attached hydrogens (tertiary/aromatic N) is 6. The topological polar surface area (TPSA) is 106 Å². The van der Waals surface area contributed by atoms with Crippen molar-refractivity contribution >= 4 is 11.8 Å². The second kappa shape index (κ2) is 11.6. The van der Waals surface area contributed by atoms with Crippen LogP contribution in [0.15, 0.2) is 36.4 Å². The Bertz CT molecular complexity index is 1200. The minimum absolute atomic E-state index is 0.278. The van der Waals surface area contributed by atoms with Gasteiger partial charge >= 0.3 is 12.1 Å². The van der Waals surface area contributed by atoms with Gasteiger partial charge in [0.05, 0.1) is 13.2 Å². The van der Waals surface area contributed by atoms with Crippen LogP contribution in [-0.4, -0.2) is 63.2 Å². The first-order valence-electron chi connectivity index (χ1n) is 11.8. The quantitative estimate of drug-likeness (QED) is 0.495. The molecule has 3 aromatic heterocycles. The van der Waals surface area contributed by atoms with Gasteiger partial charge in [0.25, 0.3) is 0 Å². The molecule has 1 aliphatic carbocycles. The van der Waals surface area contributed by atoms with Crippen LogP contribution in [0.2, 0.25) is 0 Å². The predicted octanol–water partition coefficient (Wildman–Crippen LogP) is 5.11. The molecule has 1 aliphatic rings. The van der Waals surface area contributed by atoms with Gasteiger partial charge in [0.1, 0.15) is 17.2 Å². The predicted molar refractivity (Wildman–Crippen MR) is 132 cm³/mol. The summed E-state index contributed by atoms with van der Waals surface area (Å²) in [5, 5.41) is 12.1. The molecule has 0 radical (unpaired) electrons. The van der Waals surface area contributed by atoms with E-state index in [0.717, 1.165) is 23.0 Å². The Kier molecular flexibility index (Phi) is 8.72. The molecule has 37 heavy (non-hydrogen) atoms. The molecule has 0 aliphatic heterocycles. The summed E-state index contributed by atoms with van der Waals surface area (Å²) in [6, 6.07) is 12.0. The van der Waals surface area contributed by atoms with E-state index in [-0.39, 0.29) is 6.04 Å². The summed E-state index contributed by atoms with van der Waals surface area (Å²) in [7, 11) is 5.59. The largest absolute Gasteiger partial charge is 0.490 e. The van der Waals surface area contributed by atoms with Gasteiger partial charge in [-0.1, -0.05) is 32.4 Å². The number of hydrogen-bond donors (Lipinski definition) is 1. The normalized spacial score (nSPS) is 19.5. The van der Waals surface area contributed by atoms with Gasteiger partial charge in [-0.25, -0.2) is 24.4 Å². The number of carboxylic acid groups (broad SMARTS) is 1. The van der Waals surface area contributed by atoms with E-state index in [2.05, 4.69) is 23.5 Å². The van der Waals surface area contributed by atoms with Crippen LogP contribution in [0, 0.1) is 11.8 Å². The molecule has 2 unspecified atom stereocenters. The van der Waals surface area contributed by atoms with E-state index in [0.29, 0.717) is 23.5 Å². The van der Waals surface area contributed by atoms with E-state index in [9.17, 15) is 13.2 Å². The van der Waals surface area contributed by atoms with Crippen LogP contribution in [-0.2, 0) is 4.79 Å². The molecule has 0 aromatic carbocycles. The van der Waals surface area contributed by atoms with Crippen molar-refractivity contribution in [3.05, 3.63) is 36.4 Å². The number of aliphatic carboxylic acids is 1. The van der Waals surface area contributed by atoms with Crippen molar-refractivity contribution in [1.82, 2.24) is 24.7 Å². The highest BCUT2D eigenvalue weighted by Gasteiger charge is 2.38. The molecule has 1 fully saturated rings. The maximum Gasteiger partial charge on any atom is 0.490 e. The number of rotatable bonds is 5. The van der Waals surface area contributed by atoms with Crippen molar-refractivity contribution in [3.8, 4) is 28.9 Å². The number of carboxylic acids is 1. The van der Waals surface area contributed by atoms with Gasteiger partial charge in [0.2, 0.25) is 5.88 Å². The number of methoxy groups -OCH3 is 1. The first kappa shape index (κ1) is 27.9. The zero-order valence-electron chi connectivity index (χ0n) is 21.4. The highest BCUT2D eigenvalue weighted by atomic mass is 19.4. The molecule has 12 heteroatoms. The van der Waals surface area contributed by atoms with Crippen molar-refractivity contribution in [2.45, 2.75) is 45.3 Å². The minimum atomic E-state index is -5.08. The SMILES string of the molecule is COc1cccc(-c2nc(-c3cccc(N(C)C)n3)nn2C2C(C)CCCC2C)n1.O=C(O)C(F)(F)F. The maximum absolute atomic E-state index is 10.6.